The first-order valence-corrected chi connectivity index (χ1v) is 8.41. The number of thioether (sulfide) groups is 1. The molecule has 0 saturated heterocycles. The molecule has 2 aromatic carbocycles. The molecule has 4 nitrogen and oxygen atoms in total. The average molecular weight is 336 g/mol. The molecule has 24 heavy (non-hydrogen) atoms. The molecule has 1 N–H and O–H groups in total. The van der Waals surface area contributed by atoms with Crippen LogP contribution >= 0.6 is 11.8 Å². The number of benzene rings is 2. The van der Waals surface area contributed by atoms with Crippen LogP contribution in [0.2, 0.25) is 0 Å². The molecule has 0 saturated carbocycles. The third kappa shape index (κ3) is 3.81. The summed E-state index contributed by atoms with van der Waals surface area (Å²) < 4.78 is 0. The van der Waals surface area contributed by atoms with Crippen molar-refractivity contribution >= 4 is 40.8 Å². The summed E-state index contributed by atoms with van der Waals surface area (Å²) in [7, 11) is 0. The van der Waals surface area contributed by atoms with Gasteiger partial charge < -0.3 is 5.11 Å². The minimum atomic E-state index is -0.857. The molecule has 1 unspecified atom stereocenters. The van der Waals surface area contributed by atoms with E-state index in [2.05, 4.69) is 9.97 Å². The molecular formula is C19H16N2O2S. The van der Waals surface area contributed by atoms with Crippen molar-refractivity contribution in [2.75, 3.05) is 0 Å². The Labute approximate surface area is 144 Å². The fourth-order valence-corrected chi connectivity index (χ4v) is 3.06. The van der Waals surface area contributed by atoms with Crippen LogP contribution < -0.4 is 0 Å². The number of fused-ring (bicyclic) bond motifs is 1. The van der Waals surface area contributed by atoms with E-state index in [9.17, 15) is 4.79 Å². The number of carbonyl (C=O) groups is 1. The molecule has 3 aromatic rings. The Hall–Kier alpha value is -2.66. The first-order chi connectivity index (χ1) is 11.6. The van der Waals surface area contributed by atoms with Gasteiger partial charge in [-0.1, -0.05) is 66.4 Å². The lowest BCUT2D eigenvalue weighted by Gasteiger charge is -2.09. The summed E-state index contributed by atoms with van der Waals surface area (Å²) >= 11 is 1.23. The van der Waals surface area contributed by atoms with E-state index in [1.54, 1.807) is 6.92 Å². The van der Waals surface area contributed by atoms with Crippen molar-refractivity contribution in [3.05, 3.63) is 66.0 Å². The maximum absolute atomic E-state index is 11.2. The lowest BCUT2D eigenvalue weighted by molar-refractivity contribution is -0.136. The Morgan fingerprint density at radius 2 is 1.75 bits per heavy atom. The second-order valence-electron chi connectivity index (χ2n) is 5.25. The van der Waals surface area contributed by atoms with Gasteiger partial charge in [-0.25, -0.2) is 9.97 Å². The average Bonchev–Trinajstić information content (AvgIpc) is 2.60. The molecule has 0 radical (unpaired) electrons. The van der Waals surface area contributed by atoms with Crippen LogP contribution in [0, 0.1) is 0 Å². The predicted octanol–water partition coefficient (Wildman–Crippen LogP) is 4.37. The molecule has 0 fully saturated rings. The van der Waals surface area contributed by atoms with Crippen molar-refractivity contribution in [3.8, 4) is 0 Å². The molecule has 5 heteroatoms. The van der Waals surface area contributed by atoms with E-state index in [-0.39, 0.29) is 0 Å². The third-order valence-corrected chi connectivity index (χ3v) is 4.54. The van der Waals surface area contributed by atoms with Crippen LogP contribution in [-0.4, -0.2) is 26.3 Å². The van der Waals surface area contributed by atoms with Crippen molar-refractivity contribution in [3.63, 3.8) is 0 Å². The van der Waals surface area contributed by atoms with Crippen molar-refractivity contribution in [2.45, 2.75) is 17.2 Å². The van der Waals surface area contributed by atoms with Gasteiger partial charge in [-0.2, -0.15) is 0 Å². The first-order valence-electron chi connectivity index (χ1n) is 7.53. The first kappa shape index (κ1) is 16.2. The molecule has 0 aliphatic rings. The van der Waals surface area contributed by atoms with Crippen LogP contribution in [0.25, 0.3) is 23.1 Å². The summed E-state index contributed by atoms with van der Waals surface area (Å²) in [5, 5.41) is 10.1. The predicted molar refractivity (Wildman–Crippen MR) is 97.9 cm³/mol. The van der Waals surface area contributed by atoms with Gasteiger partial charge in [-0.05, 0) is 24.6 Å². The molecular weight excluding hydrogens is 320 g/mol. The van der Waals surface area contributed by atoms with Crippen LogP contribution in [0.3, 0.4) is 0 Å². The molecule has 1 atom stereocenters. The normalized spacial score (nSPS) is 12.5. The molecule has 120 valence electrons. The van der Waals surface area contributed by atoms with Gasteiger partial charge in [0, 0.05) is 5.39 Å². The number of hydrogen-bond donors (Lipinski definition) is 1. The van der Waals surface area contributed by atoms with E-state index in [1.165, 1.54) is 11.8 Å². The monoisotopic (exact) mass is 336 g/mol. The second kappa shape index (κ2) is 7.27. The number of carboxylic acids is 1. The summed E-state index contributed by atoms with van der Waals surface area (Å²) in [5.74, 6) is -0.290. The van der Waals surface area contributed by atoms with Gasteiger partial charge in [0.05, 0.1) is 5.52 Å². The fraction of sp³-hybridized carbons (Fsp3) is 0.105. The highest BCUT2D eigenvalue weighted by atomic mass is 32.2. The van der Waals surface area contributed by atoms with Gasteiger partial charge in [-0.15, -0.1) is 0 Å². The van der Waals surface area contributed by atoms with Gasteiger partial charge in [-0.3, -0.25) is 4.79 Å². The highest BCUT2D eigenvalue weighted by molar-refractivity contribution is 8.00. The number of para-hydroxylation sites is 1. The zero-order valence-corrected chi connectivity index (χ0v) is 13.9. The van der Waals surface area contributed by atoms with E-state index in [4.69, 9.17) is 5.11 Å². The van der Waals surface area contributed by atoms with Gasteiger partial charge >= 0.3 is 5.97 Å². The number of hydrogen-bond acceptors (Lipinski definition) is 4. The summed E-state index contributed by atoms with van der Waals surface area (Å²) in [6.07, 6.45) is 3.79. The van der Waals surface area contributed by atoms with Crippen molar-refractivity contribution in [1.82, 2.24) is 9.97 Å². The minimum Gasteiger partial charge on any atom is -0.480 e. The zero-order chi connectivity index (χ0) is 16.9. The SMILES string of the molecule is CC(Sc1nc(/C=C/c2ccccc2)nc2ccccc12)C(=O)O. The highest BCUT2D eigenvalue weighted by Gasteiger charge is 2.16. The van der Waals surface area contributed by atoms with Crippen LogP contribution in [0.5, 0.6) is 0 Å². The van der Waals surface area contributed by atoms with Crippen molar-refractivity contribution in [2.24, 2.45) is 0 Å². The zero-order valence-electron chi connectivity index (χ0n) is 13.1. The van der Waals surface area contributed by atoms with Crippen LogP contribution in [-0.2, 0) is 4.79 Å². The smallest absolute Gasteiger partial charge is 0.316 e. The molecule has 0 amide bonds. The Bertz CT molecular complexity index is 894. The fourth-order valence-electron chi connectivity index (χ4n) is 2.18. The van der Waals surface area contributed by atoms with Crippen molar-refractivity contribution < 1.29 is 9.90 Å². The Morgan fingerprint density at radius 3 is 2.50 bits per heavy atom. The van der Waals surface area contributed by atoms with E-state index < -0.39 is 11.2 Å². The third-order valence-electron chi connectivity index (χ3n) is 3.45. The molecule has 0 aliphatic heterocycles. The highest BCUT2D eigenvalue weighted by Crippen LogP contribution is 2.29. The summed E-state index contributed by atoms with van der Waals surface area (Å²) in [6.45, 7) is 1.66. The van der Waals surface area contributed by atoms with E-state index >= 15 is 0 Å². The van der Waals surface area contributed by atoms with Crippen molar-refractivity contribution in [1.29, 1.82) is 0 Å². The minimum absolute atomic E-state index is 0.567. The van der Waals surface area contributed by atoms with Gasteiger partial charge in [0.15, 0.2) is 5.82 Å². The number of carboxylic acid groups (broad SMARTS) is 1. The van der Waals surface area contributed by atoms with Crippen LogP contribution in [0.4, 0.5) is 0 Å². The van der Waals surface area contributed by atoms with E-state index in [0.29, 0.717) is 10.9 Å². The summed E-state index contributed by atoms with van der Waals surface area (Å²) in [4.78, 5) is 20.2. The second-order valence-corrected chi connectivity index (χ2v) is 6.58. The van der Waals surface area contributed by atoms with Crippen LogP contribution in [0.15, 0.2) is 59.6 Å². The van der Waals surface area contributed by atoms with E-state index in [0.717, 1.165) is 16.5 Å². The van der Waals surface area contributed by atoms with Gasteiger partial charge in [0.1, 0.15) is 10.3 Å². The van der Waals surface area contributed by atoms with Gasteiger partial charge in [0.25, 0.3) is 0 Å². The molecule has 0 aliphatic carbocycles. The Morgan fingerprint density at radius 1 is 1.04 bits per heavy atom. The summed E-state index contributed by atoms with van der Waals surface area (Å²) in [6, 6.07) is 17.5. The van der Waals surface area contributed by atoms with Crippen LogP contribution in [0.1, 0.15) is 18.3 Å². The molecule has 1 aromatic heterocycles. The number of rotatable bonds is 5. The maximum atomic E-state index is 11.2. The van der Waals surface area contributed by atoms with E-state index in [1.807, 2.05) is 66.7 Å². The lowest BCUT2D eigenvalue weighted by Crippen LogP contribution is -2.11. The largest absolute Gasteiger partial charge is 0.480 e. The lowest BCUT2D eigenvalue weighted by atomic mass is 10.2. The number of aromatic nitrogens is 2. The summed E-state index contributed by atoms with van der Waals surface area (Å²) in [5.41, 5.74) is 1.86. The molecule has 3 rings (SSSR count). The standard InChI is InChI=1S/C19H16N2O2S/c1-13(19(22)23)24-18-15-9-5-6-10-16(15)20-17(21-18)12-11-14-7-3-2-4-8-14/h2-13H,1H3,(H,22,23)/b12-11+. The molecule has 0 bridgehead atoms. The molecule has 0 spiro atoms. The number of aliphatic carboxylic acids is 1. The Kier molecular flexibility index (Phi) is 4.91. The molecule has 1 heterocycles. The Balaban J connectivity index is 2.00. The topological polar surface area (TPSA) is 63.1 Å². The van der Waals surface area contributed by atoms with Gasteiger partial charge in [0.2, 0.25) is 0 Å². The maximum Gasteiger partial charge on any atom is 0.316 e. The quantitative estimate of drug-likeness (QED) is 0.554. The number of nitrogens with zero attached hydrogens (tertiary/aromatic N) is 2.